The molecule has 0 radical (unpaired) electrons. The highest BCUT2D eigenvalue weighted by Crippen LogP contribution is 2.28. The van der Waals surface area contributed by atoms with Crippen molar-refractivity contribution in [3.05, 3.63) is 35.4 Å². The maximum atomic E-state index is 12.3. The van der Waals surface area contributed by atoms with Crippen molar-refractivity contribution in [2.45, 2.75) is 19.0 Å². The summed E-state index contributed by atoms with van der Waals surface area (Å²) in [5.41, 5.74) is -0.724. The summed E-state index contributed by atoms with van der Waals surface area (Å²) in [6.07, 6.45) is -4.24. The molecular weight excluding hydrogens is 263 g/mol. The number of nitrogens with one attached hydrogen (secondary N) is 1. The number of halogens is 3. The molecule has 4 nitrogen and oxygen atoms in total. The minimum atomic E-state index is -4.43. The topological polar surface area (TPSA) is 66.4 Å². The molecule has 0 spiro atoms. The predicted molar refractivity (Wildman–Crippen MR) is 60.6 cm³/mol. The van der Waals surface area contributed by atoms with Gasteiger partial charge < -0.3 is 10.4 Å². The maximum absolute atomic E-state index is 12.3. The van der Waals surface area contributed by atoms with Crippen molar-refractivity contribution in [2.24, 2.45) is 0 Å². The van der Waals surface area contributed by atoms with E-state index in [9.17, 15) is 22.8 Å². The van der Waals surface area contributed by atoms with E-state index < -0.39 is 23.6 Å². The average Bonchev–Trinajstić information content (AvgIpc) is 2.33. The molecule has 0 fully saturated rings. The summed E-state index contributed by atoms with van der Waals surface area (Å²) < 4.78 is 36.9. The van der Waals surface area contributed by atoms with Gasteiger partial charge in [0.05, 0.1) is 5.56 Å². The number of carbonyl (C=O) groups is 2. The van der Waals surface area contributed by atoms with E-state index in [2.05, 4.69) is 5.32 Å². The summed E-state index contributed by atoms with van der Waals surface area (Å²) >= 11 is 0. The molecule has 0 aromatic heterocycles. The second-order valence-corrected chi connectivity index (χ2v) is 3.83. The number of carboxylic acids is 1. The fourth-order valence-corrected chi connectivity index (χ4v) is 1.35. The highest BCUT2D eigenvalue weighted by atomic mass is 19.4. The molecule has 0 aliphatic rings. The van der Waals surface area contributed by atoms with Crippen molar-refractivity contribution in [3.8, 4) is 0 Å². The minimum Gasteiger partial charge on any atom is -0.481 e. The standard InChI is InChI=1S/C12H12F3NO3/c13-12(14,15)9-5-3-8(4-6-9)11(19)16-7-1-2-10(17)18/h3-6H,1-2,7H2,(H,16,19)(H,17,18). The average molecular weight is 275 g/mol. The van der Waals surface area contributed by atoms with Gasteiger partial charge in [0.25, 0.3) is 5.91 Å². The number of rotatable bonds is 5. The van der Waals surface area contributed by atoms with Gasteiger partial charge in [0.1, 0.15) is 0 Å². The second-order valence-electron chi connectivity index (χ2n) is 3.83. The van der Waals surface area contributed by atoms with E-state index in [0.717, 1.165) is 24.3 Å². The van der Waals surface area contributed by atoms with Crippen LogP contribution in [0.15, 0.2) is 24.3 Å². The molecule has 1 aromatic rings. The van der Waals surface area contributed by atoms with Crippen molar-refractivity contribution in [2.75, 3.05) is 6.54 Å². The summed E-state index contributed by atoms with van der Waals surface area (Å²) in [5.74, 6) is -1.50. The van der Waals surface area contributed by atoms with Crippen LogP contribution < -0.4 is 5.32 Å². The van der Waals surface area contributed by atoms with Crippen molar-refractivity contribution in [1.82, 2.24) is 5.32 Å². The number of alkyl halides is 3. The van der Waals surface area contributed by atoms with Crippen LogP contribution >= 0.6 is 0 Å². The highest BCUT2D eigenvalue weighted by molar-refractivity contribution is 5.94. The lowest BCUT2D eigenvalue weighted by molar-refractivity contribution is -0.138. The maximum Gasteiger partial charge on any atom is 0.416 e. The van der Waals surface area contributed by atoms with Crippen LogP contribution in [0.2, 0.25) is 0 Å². The normalized spacial score (nSPS) is 11.1. The second kappa shape index (κ2) is 6.21. The monoisotopic (exact) mass is 275 g/mol. The predicted octanol–water partition coefficient (Wildman–Crippen LogP) is 2.30. The third-order valence-electron chi connectivity index (χ3n) is 2.33. The number of amides is 1. The largest absolute Gasteiger partial charge is 0.481 e. The summed E-state index contributed by atoms with van der Waals surface area (Å²) in [6, 6.07) is 3.81. The van der Waals surface area contributed by atoms with E-state index in [1.165, 1.54) is 0 Å². The number of hydrogen-bond donors (Lipinski definition) is 2. The third-order valence-corrected chi connectivity index (χ3v) is 2.33. The molecule has 7 heteroatoms. The molecule has 1 amide bonds. The van der Waals surface area contributed by atoms with E-state index in [-0.39, 0.29) is 24.9 Å². The first-order valence-corrected chi connectivity index (χ1v) is 5.48. The molecule has 0 saturated heterocycles. The van der Waals surface area contributed by atoms with E-state index in [0.29, 0.717) is 0 Å². The Balaban J connectivity index is 2.52. The smallest absolute Gasteiger partial charge is 0.416 e. The van der Waals surface area contributed by atoms with E-state index in [4.69, 9.17) is 5.11 Å². The van der Waals surface area contributed by atoms with Crippen LogP contribution in [0.25, 0.3) is 0 Å². The zero-order chi connectivity index (χ0) is 14.5. The van der Waals surface area contributed by atoms with Crippen molar-refractivity contribution >= 4 is 11.9 Å². The first-order valence-electron chi connectivity index (χ1n) is 5.48. The first-order chi connectivity index (χ1) is 8.80. The van der Waals surface area contributed by atoms with Gasteiger partial charge in [-0.15, -0.1) is 0 Å². The van der Waals surface area contributed by atoms with Crippen molar-refractivity contribution in [3.63, 3.8) is 0 Å². The molecule has 0 aliphatic carbocycles. The first kappa shape index (κ1) is 15.0. The van der Waals surface area contributed by atoms with Crippen molar-refractivity contribution in [1.29, 1.82) is 0 Å². The van der Waals surface area contributed by atoms with E-state index >= 15 is 0 Å². The number of carboxylic acid groups (broad SMARTS) is 1. The Kier molecular flexibility index (Phi) is 4.91. The van der Waals surface area contributed by atoms with Crippen LogP contribution in [0.4, 0.5) is 13.2 Å². The molecule has 1 aromatic carbocycles. The molecule has 104 valence electrons. The van der Waals surface area contributed by atoms with Crippen LogP contribution in [0.3, 0.4) is 0 Å². The molecule has 2 N–H and O–H groups in total. The molecule has 0 atom stereocenters. The molecule has 0 bridgehead atoms. The number of aliphatic carboxylic acids is 1. The number of carbonyl (C=O) groups excluding carboxylic acids is 1. The zero-order valence-corrected chi connectivity index (χ0v) is 9.83. The molecule has 0 heterocycles. The van der Waals surface area contributed by atoms with Gasteiger partial charge in [0.15, 0.2) is 0 Å². The Labute approximate surface area is 107 Å². The van der Waals surface area contributed by atoms with Crippen LogP contribution in [0.5, 0.6) is 0 Å². The molecule has 0 saturated carbocycles. The number of benzene rings is 1. The van der Waals surface area contributed by atoms with Gasteiger partial charge in [-0.2, -0.15) is 13.2 Å². The van der Waals surface area contributed by atoms with Gasteiger partial charge in [-0.05, 0) is 30.7 Å². The SMILES string of the molecule is O=C(O)CCCNC(=O)c1ccc(C(F)(F)F)cc1. The summed E-state index contributed by atoms with van der Waals surface area (Å²) in [5, 5.41) is 10.8. The quantitative estimate of drug-likeness (QED) is 0.810. The molecule has 0 unspecified atom stereocenters. The molecule has 19 heavy (non-hydrogen) atoms. The van der Waals surface area contributed by atoms with E-state index in [1.54, 1.807) is 0 Å². The lowest BCUT2D eigenvalue weighted by Gasteiger charge is -2.08. The Hall–Kier alpha value is -2.05. The Morgan fingerprint density at radius 2 is 1.74 bits per heavy atom. The minimum absolute atomic E-state index is 0.0761. The Bertz CT molecular complexity index is 454. The van der Waals surface area contributed by atoms with Crippen LogP contribution in [0, 0.1) is 0 Å². The van der Waals surface area contributed by atoms with Crippen LogP contribution in [0.1, 0.15) is 28.8 Å². The molecular formula is C12H12F3NO3. The van der Waals surface area contributed by atoms with E-state index in [1.807, 2.05) is 0 Å². The van der Waals surface area contributed by atoms with Crippen molar-refractivity contribution < 1.29 is 27.9 Å². The fourth-order valence-electron chi connectivity index (χ4n) is 1.35. The van der Waals surface area contributed by atoms with Gasteiger partial charge in [-0.25, -0.2) is 0 Å². The van der Waals surface area contributed by atoms with Crippen LogP contribution in [-0.2, 0) is 11.0 Å². The molecule has 1 rings (SSSR count). The van der Waals surface area contributed by atoms with Gasteiger partial charge in [-0.3, -0.25) is 9.59 Å². The van der Waals surface area contributed by atoms with Gasteiger partial charge in [0.2, 0.25) is 0 Å². The lowest BCUT2D eigenvalue weighted by Crippen LogP contribution is -2.25. The summed E-state index contributed by atoms with van der Waals surface area (Å²) in [7, 11) is 0. The Morgan fingerprint density at radius 1 is 1.16 bits per heavy atom. The Morgan fingerprint density at radius 3 is 2.21 bits per heavy atom. The van der Waals surface area contributed by atoms with Gasteiger partial charge in [0, 0.05) is 18.5 Å². The van der Waals surface area contributed by atoms with Crippen LogP contribution in [-0.4, -0.2) is 23.5 Å². The fraction of sp³-hybridized carbons (Fsp3) is 0.333. The summed E-state index contributed by atoms with van der Waals surface area (Å²) in [4.78, 5) is 21.7. The molecule has 0 aliphatic heterocycles. The lowest BCUT2D eigenvalue weighted by atomic mass is 10.1. The number of hydrogen-bond acceptors (Lipinski definition) is 2. The summed E-state index contributed by atoms with van der Waals surface area (Å²) in [6.45, 7) is 0.159. The third kappa shape index (κ3) is 4.99. The van der Waals surface area contributed by atoms with Gasteiger partial charge in [-0.1, -0.05) is 0 Å². The van der Waals surface area contributed by atoms with Gasteiger partial charge >= 0.3 is 12.1 Å². The highest BCUT2D eigenvalue weighted by Gasteiger charge is 2.30. The zero-order valence-electron chi connectivity index (χ0n) is 9.83.